The van der Waals surface area contributed by atoms with Crippen molar-refractivity contribution in [2.45, 2.75) is 65.0 Å². The Bertz CT molecular complexity index is 279. The topological polar surface area (TPSA) is 41.1 Å². The van der Waals surface area contributed by atoms with Crippen LogP contribution in [-0.4, -0.2) is 18.1 Å². The standard InChI is InChI=1S/C14H26N2O/c1-4-9(2)15-14(17)16-10(3)13-8-11-5-6-12(13)7-11/h9-13H,4-8H2,1-3H3,(H2,15,16,17)/t9-,10-,11-,12-,13+/m1/s1. The average Bonchev–Trinajstić information content (AvgIpc) is 2.90. The van der Waals surface area contributed by atoms with E-state index in [0.717, 1.165) is 24.2 Å². The Hall–Kier alpha value is -0.730. The molecule has 2 N–H and O–H groups in total. The second kappa shape index (κ2) is 5.28. The van der Waals surface area contributed by atoms with Crippen molar-refractivity contribution in [1.29, 1.82) is 0 Å². The molecule has 0 unspecified atom stereocenters. The Balaban J connectivity index is 1.77. The van der Waals surface area contributed by atoms with Crippen molar-refractivity contribution in [3.8, 4) is 0 Å². The smallest absolute Gasteiger partial charge is 0.315 e. The Labute approximate surface area is 105 Å². The third kappa shape index (κ3) is 2.93. The largest absolute Gasteiger partial charge is 0.336 e. The van der Waals surface area contributed by atoms with Gasteiger partial charge in [-0.1, -0.05) is 13.3 Å². The number of fused-ring (bicyclic) bond motifs is 2. The van der Waals surface area contributed by atoms with Crippen molar-refractivity contribution in [3.05, 3.63) is 0 Å². The highest BCUT2D eigenvalue weighted by Crippen LogP contribution is 2.49. The van der Waals surface area contributed by atoms with E-state index in [-0.39, 0.29) is 12.1 Å². The quantitative estimate of drug-likeness (QED) is 0.777. The molecule has 17 heavy (non-hydrogen) atoms. The summed E-state index contributed by atoms with van der Waals surface area (Å²) in [5.41, 5.74) is 0. The number of rotatable bonds is 4. The fraction of sp³-hybridized carbons (Fsp3) is 0.929. The van der Waals surface area contributed by atoms with Gasteiger partial charge in [-0.2, -0.15) is 0 Å². The van der Waals surface area contributed by atoms with Crippen LogP contribution in [0, 0.1) is 17.8 Å². The molecule has 5 atom stereocenters. The van der Waals surface area contributed by atoms with E-state index in [4.69, 9.17) is 0 Å². The van der Waals surface area contributed by atoms with Crippen LogP contribution in [-0.2, 0) is 0 Å². The summed E-state index contributed by atoms with van der Waals surface area (Å²) in [6, 6.07) is 0.603. The predicted octanol–water partition coefficient (Wildman–Crippen LogP) is 2.91. The molecule has 2 bridgehead atoms. The van der Waals surface area contributed by atoms with Crippen LogP contribution in [0.25, 0.3) is 0 Å². The third-order valence-electron chi connectivity index (χ3n) is 4.78. The minimum atomic E-state index is 0.00891. The first-order valence-corrected chi connectivity index (χ1v) is 7.17. The van der Waals surface area contributed by atoms with Crippen molar-refractivity contribution in [3.63, 3.8) is 0 Å². The van der Waals surface area contributed by atoms with Gasteiger partial charge in [0.05, 0.1) is 0 Å². The molecule has 3 heteroatoms. The van der Waals surface area contributed by atoms with Crippen molar-refractivity contribution in [2.24, 2.45) is 17.8 Å². The maximum absolute atomic E-state index is 11.8. The van der Waals surface area contributed by atoms with E-state index < -0.39 is 0 Å². The molecule has 0 spiro atoms. The van der Waals surface area contributed by atoms with Gasteiger partial charge in [0.25, 0.3) is 0 Å². The van der Waals surface area contributed by atoms with E-state index in [2.05, 4.69) is 24.5 Å². The summed E-state index contributed by atoms with van der Waals surface area (Å²) in [7, 11) is 0. The zero-order chi connectivity index (χ0) is 12.4. The molecule has 3 nitrogen and oxygen atoms in total. The molecule has 2 aliphatic rings. The molecule has 0 aromatic heterocycles. The lowest BCUT2D eigenvalue weighted by Crippen LogP contribution is -2.47. The lowest BCUT2D eigenvalue weighted by Gasteiger charge is -2.29. The van der Waals surface area contributed by atoms with Gasteiger partial charge in [-0.05, 0) is 57.3 Å². The lowest BCUT2D eigenvalue weighted by molar-refractivity contribution is 0.217. The Morgan fingerprint density at radius 1 is 1.24 bits per heavy atom. The van der Waals surface area contributed by atoms with Crippen LogP contribution < -0.4 is 10.6 Å². The maximum Gasteiger partial charge on any atom is 0.315 e. The Morgan fingerprint density at radius 2 is 2.00 bits per heavy atom. The summed E-state index contributed by atoms with van der Waals surface area (Å²) in [6.45, 7) is 6.30. The van der Waals surface area contributed by atoms with E-state index in [1.54, 1.807) is 0 Å². The average molecular weight is 238 g/mol. The molecule has 2 aliphatic carbocycles. The fourth-order valence-corrected chi connectivity index (χ4v) is 3.59. The first kappa shape index (κ1) is 12.7. The zero-order valence-corrected chi connectivity index (χ0v) is 11.3. The second-order valence-electron chi connectivity index (χ2n) is 6.05. The Kier molecular flexibility index (Phi) is 3.95. The third-order valence-corrected chi connectivity index (χ3v) is 4.78. The minimum Gasteiger partial charge on any atom is -0.336 e. The second-order valence-corrected chi connectivity index (χ2v) is 6.05. The number of carbonyl (C=O) groups excluding carboxylic acids is 1. The molecule has 2 amide bonds. The molecule has 98 valence electrons. The molecule has 2 saturated carbocycles. The van der Waals surface area contributed by atoms with Gasteiger partial charge in [-0.3, -0.25) is 0 Å². The van der Waals surface area contributed by atoms with E-state index in [1.165, 1.54) is 25.7 Å². The number of amides is 2. The highest BCUT2D eigenvalue weighted by Gasteiger charge is 2.42. The molecule has 0 heterocycles. The number of hydrogen-bond donors (Lipinski definition) is 2. The van der Waals surface area contributed by atoms with E-state index in [9.17, 15) is 4.79 Å². The normalized spacial score (nSPS) is 34.4. The summed E-state index contributed by atoms with van der Waals surface area (Å²) in [6.07, 6.45) is 6.52. The monoisotopic (exact) mass is 238 g/mol. The van der Waals surface area contributed by atoms with Gasteiger partial charge in [-0.15, -0.1) is 0 Å². The highest BCUT2D eigenvalue weighted by atomic mass is 16.2. The van der Waals surface area contributed by atoms with Crippen molar-refractivity contribution in [2.75, 3.05) is 0 Å². The first-order valence-electron chi connectivity index (χ1n) is 7.17. The van der Waals surface area contributed by atoms with Gasteiger partial charge in [0.1, 0.15) is 0 Å². The highest BCUT2D eigenvalue weighted by molar-refractivity contribution is 5.74. The van der Waals surface area contributed by atoms with Gasteiger partial charge in [0.15, 0.2) is 0 Å². The van der Waals surface area contributed by atoms with Crippen LogP contribution in [0.15, 0.2) is 0 Å². The number of hydrogen-bond acceptors (Lipinski definition) is 1. The summed E-state index contributed by atoms with van der Waals surface area (Å²) in [5.74, 6) is 2.54. The summed E-state index contributed by atoms with van der Waals surface area (Å²) in [5, 5.41) is 6.10. The number of nitrogens with one attached hydrogen (secondary N) is 2. The number of urea groups is 1. The summed E-state index contributed by atoms with van der Waals surface area (Å²) in [4.78, 5) is 11.8. The molecule has 2 rings (SSSR count). The van der Waals surface area contributed by atoms with Crippen LogP contribution in [0.4, 0.5) is 4.79 Å². The zero-order valence-electron chi connectivity index (χ0n) is 11.3. The van der Waals surface area contributed by atoms with Crippen molar-refractivity contribution < 1.29 is 4.79 Å². The lowest BCUT2D eigenvalue weighted by atomic mass is 9.84. The SMILES string of the molecule is CC[C@@H](C)NC(=O)N[C@H](C)[C@@H]1C[C@@H]2CC[C@@H]1C2. The summed E-state index contributed by atoms with van der Waals surface area (Å²) < 4.78 is 0. The maximum atomic E-state index is 11.8. The van der Waals surface area contributed by atoms with Gasteiger partial charge >= 0.3 is 6.03 Å². The van der Waals surface area contributed by atoms with Crippen LogP contribution >= 0.6 is 0 Å². The van der Waals surface area contributed by atoms with Crippen molar-refractivity contribution >= 4 is 6.03 Å². The van der Waals surface area contributed by atoms with Crippen LogP contribution in [0.3, 0.4) is 0 Å². The minimum absolute atomic E-state index is 0.00891. The molecule has 0 aromatic carbocycles. The number of carbonyl (C=O) groups is 1. The Morgan fingerprint density at radius 3 is 2.53 bits per heavy atom. The summed E-state index contributed by atoms with van der Waals surface area (Å²) >= 11 is 0. The van der Waals surface area contributed by atoms with Gasteiger partial charge in [0.2, 0.25) is 0 Å². The van der Waals surface area contributed by atoms with E-state index >= 15 is 0 Å². The van der Waals surface area contributed by atoms with E-state index in [1.807, 2.05) is 6.92 Å². The van der Waals surface area contributed by atoms with Gasteiger partial charge in [-0.25, -0.2) is 4.79 Å². The van der Waals surface area contributed by atoms with Gasteiger partial charge < -0.3 is 10.6 Å². The molecule has 2 fully saturated rings. The first-order chi connectivity index (χ1) is 8.10. The fourth-order valence-electron chi connectivity index (χ4n) is 3.59. The molecule has 0 saturated heterocycles. The van der Waals surface area contributed by atoms with Crippen LogP contribution in [0.5, 0.6) is 0 Å². The van der Waals surface area contributed by atoms with Crippen LogP contribution in [0.2, 0.25) is 0 Å². The molecule has 0 radical (unpaired) electrons. The molecular formula is C14H26N2O. The van der Waals surface area contributed by atoms with Gasteiger partial charge in [0, 0.05) is 12.1 Å². The molecule has 0 aromatic rings. The molecule has 0 aliphatic heterocycles. The van der Waals surface area contributed by atoms with Crippen LogP contribution in [0.1, 0.15) is 52.9 Å². The molecular weight excluding hydrogens is 212 g/mol. The predicted molar refractivity (Wildman–Crippen MR) is 69.8 cm³/mol. The van der Waals surface area contributed by atoms with E-state index in [0.29, 0.717) is 6.04 Å². The van der Waals surface area contributed by atoms with Crippen molar-refractivity contribution in [1.82, 2.24) is 10.6 Å².